The van der Waals surface area contributed by atoms with Gasteiger partial charge >= 0.3 is 5.97 Å². The second kappa shape index (κ2) is 7.29. The Morgan fingerprint density at radius 2 is 1.95 bits per heavy atom. The van der Waals surface area contributed by atoms with E-state index in [4.69, 9.17) is 9.84 Å². The summed E-state index contributed by atoms with van der Waals surface area (Å²) < 4.78 is 5.11. The van der Waals surface area contributed by atoms with Crippen molar-refractivity contribution in [3.05, 3.63) is 29.8 Å². The van der Waals surface area contributed by atoms with Crippen molar-refractivity contribution in [3.63, 3.8) is 0 Å². The van der Waals surface area contributed by atoms with E-state index in [-0.39, 0.29) is 11.9 Å². The molecule has 22 heavy (non-hydrogen) atoms. The molecule has 1 N–H and O–H groups in total. The van der Waals surface area contributed by atoms with E-state index in [0.29, 0.717) is 19.4 Å². The van der Waals surface area contributed by atoms with Gasteiger partial charge in [-0.25, -0.2) is 0 Å². The Hall–Kier alpha value is -2.04. The number of carboxylic acid groups (broad SMARTS) is 1. The van der Waals surface area contributed by atoms with Crippen LogP contribution in [0.3, 0.4) is 0 Å². The molecule has 1 amide bonds. The monoisotopic (exact) mass is 305 g/mol. The maximum Gasteiger partial charge on any atom is 0.308 e. The lowest BCUT2D eigenvalue weighted by molar-refractivity contribution is -0.143. The minimum atomic E-state index is -0.853. The average Bonchev–Trinajstić information content (AvgIpc) is 3.35. The maximum atomic E-state index is 12.4. The molecule has 0 saturated heterocycles. The molecule has 0 aromatic heterocycles. The molecule has 0 bridgehead atoms. The maximum absolute atomic E-state index is 12.4. The molecule has 1 saturated carbocycles. The second-order valence-electron chi connectivity index (χ2n) is 5.86. The fourth-order valence-electron chi connectivity index (χ4n) is 2.40. The summed E-state index contributed by atoms with van der Waals surface area (Å²) in [5, 5.41) is 9.02. The molecule has 1 aliphatic carbocycles. The van der Waals surface area contributed by atoms with E-state index < -0.39 is 11.9 Å². The van der Waals surface area contributed by atoms with Gasteiger partial charge in [0.2, 0.25) is 5.91 Å². The number of rotatable bonds is 8. The van der Waals surface area contributed by atoms with E-state index >= 15 is 0 Å². The summed E-state index contributed by atoms with van der Waals surface area (Å²) in [5.41, 5.74) is 1.08. The molecule has 5 nitrogen and oxygen atoms in total. The summed E-state index contributed by atoms with van der Waals surface area (Å²) in [6, 6.07) is 7.90. The molecular weight excluding hydrogens is 282 g/mol. The Morgan fingerprint density at radius 3 is 2.45 bits per heavy atom. The first-order valence-corrected chi connectivity index (χ1v) is 7.66. The molecule has 1 aromatic carbocycles. The smallest absolute Gasteiger partial charge is 0.308 e. The number of aryl methyl sites for hydroxylation is 1. The van der Waals surface area contributed by atoms with Gasteiger partial charge in [0.1, 0.15) is 5.75 Å². The number of carbonyl (C=O) groups excluding carboxylic acids is 1. The lowest BCUT2D eigenvalue weighted by Crippen LogP contribution is -2.38. The van der Waals surface area contributed by atoms with E-state index in [1.54, 1.807) is 18.9 Å². The molecule has 0 heterocycles. The van der Waals surface area contributed by atoms with Gasteiger partial charge in [-0.1, -0.05) is 19.1 Å². The number of methoxy groups -OCH3 is 1. The van der Waals surface area contributed by atoms with Crippen molar-refractivity contribution in [1.29, 1.82) is 0 Å². The summed E-state index contributed by atoms with van der Waals surface area (Å²) >= 11 is 0. The zero-order valence-corrected chi connectivity index (χ0v) is 13.1. The normalized spacial score (nSPS) is 15.2. The molecule has 1 aromatic rings. The van der Waals surface area contributed by atoms with Gasteiger partial charge in [0, 0.05) is 19.0 Å². The van der Waals surface area contributed by atoms with Crippen molar-refractivity contribution < 1.29 is 19.4 Å². The van der Waals surface area contributed by atoms with Crippen molar-refractivity contribution in [2.75, 3.05) is 13.7 Å². The zero-order chi connectivity index (χ0) is 16.1. The summed E-state index contributed by atoms with van der Waals surface area (Å²) in [6.07, 6.45) is 3.05. The van der Waals surface area contributed by atoms with Crippen LogP contribution in [0.15, 0.2) is 24.3 Å². The summed E-state index contributed by atoms with van der Waals surface area (Å²) in [6.45, 7) is 1.95. The van der Waals surface area contributed by atoms with Crippen LogP contribution in [0.2, 0.25) is 0 Å². The molecule has 1 aliphatic rings. The molecule has 120 valence electrons. The van der Waals surface area contributed by atoms with Gasteiger partial charge in [-0.15, -0.1) is 0 Å². The predicted molar refractivity (Wildman–Crippen MR) is 82.8 cm³/mol. The van der Waals surface area contributed by atoms with Crippen molar-refractivity contribution >= 4 is 11.9 Å². The summed E-state index contributed by atoms with van der Waals surface area (Å²) in [7, 11) is 1.62. The molecule has 0 radical (unpaired) electrons. The van der Waals surface area contributed by atoms with Crippen molar-refractivity contribution in [1.82, 2.24) is 4.90 Å². The third-order valence-corrected chi connectivity index (χ3v) is 3.99. The number of hydrogen-bond donors (Lipinski definition) is 1. The molecule has 1 unspecified atom stereocenters. The van der Waals surface area contributed by atoms with Crippen LogP contribution in [0.4, 0.5) is 0 Å². The zero-order valence-electron chi connectivity index (χ0n) is 13.1. The van der Waals surface area contributed by atoms with Crippen LogP contribution in [0.1, 0.15) is 31.7 Å². The highest BCUT2D eigenvalue weighted by molar-refractivity contribution is 5.78. The number of amides is 1. The van der Waals surface area contributed by atoms with E-state index in [2.05, 4.69) is 0 Å². The lowest BCUT2D eigenvalue weighted by atomic mass is 10.1. The Balaban J connectivity index is 1.89. The Kier molecular flexibility index (Phi) is 5.41. The quantitative estimate of drug-likeness (QED) is 0.800. The average molecular weight is 305 g/mol. The minimum absolute atomic E-state index is 0.0476. The molecule has 0 spiro atoms. The Morgan fingerprint density at radius 1 is 1.32 bits per heavy atom. The van der Waals surface area contributed by atoms with Crippen LogP contribution in [-0.4, -0.2) is 41.6 Å². The number of hydrogen-bond acceptors (Lipinski definition) is 3. The van der Waals surface area contributed by atoms with E-state index in [9.17, 15) is 9.59 Å². The predicted octanol–water partition coefficient (Wildman–Crippen LogP) is 2.34. The number of ether oxygens (including phenoxy) is 1. The minimum Gasteiger partial charge on any atom is -0.497 e. The topological polar surface area (TPSA) is 66.8 Å². The van der Waals surface area contributed by atoms with Gasteiger partial charge < -0.3 is 14.7 Å². The molecule has 0 aliphatic heterocycles. The number of nitrogens with zero attached hydrogens (tertiary/aromatic N) is 1. The van der Waals surface area contributed by atoms with Crippen molar-refractivity contribution in [3.8, 4) is 5.75 Å². The highest BCUT2D eigenvalue weighted by Crippen LogP contribution is 2.28. The van der Waals surface area contributed by atoms with Crippen LogP contribution in [-0.2, 0) is 16.0 Å². The van der Waals surface area contributed by atoms with Gasteiger partial charge in [-0.2, -0.15) is 0 Å². The van der Waals surface area contributed by atoms with Gasteiger partial charge in [0.15, 0.2) is 0 Å². The van der Waals surface area contributed by atoms with Crippen LogP contribution >= 0.6 is 0 Å². The van der Waals surface area contributed by atoms with Gasteiger partial charge in [-0.05, 0) is 37.0 Å². The number of aliphatic carboxylic acids is 1. The van der Waals surface area contributed by atoms with Crippen LogP contribution in [0.5, 0.6) is 5.75 Å². The summed E-state index contributed by atoms with van der Waals surface area (Å²) in [5.74, 6) is -0.532. The Labute approximate surface area is 130 Å². The van der Waals surface area contributed by atoms with E-state index in [0.717, 1.165) is 24.2 Å². The van der Waals surface area contributed by atoms with Gasteiger partial charge in [-0.3, -0.25) is 9.59 Å². The number of carbonyl (C=O) groups is 2. The molecular formula is C17H23NO4. The fourth-order valence-corrected chi connectivity index (χ4v) is 2.40. The first-order valence-electron chi connectivity index (χ1n) is 7.66. The van der Waals surface area contributed by atoms with Crippen molar-refractivity contribution in [2.24, 2.45) is 5.92 Å². The highest BCUT2D eigenvalue weighted by Gasteiger charge is 2.34. The molecule has 1 atom stereocenters. The second-order valence-corrected chi connectivity index (χ2v) is 5.86. The first-order chi connectivity index (χ1) is 10.5. The molecule has 1 fully saturated rings. The van der Waals surface area contributed by atoms with Crippen LogP contribution in [0, 0.1) is 5.92 Å². The largest absolute Gasteiger partial charge is 0.497 e. The third-order valence-electron chi connectivity index (χ3n) is 3.99. The van der Waals surface area contributed by atoms with Crippen molar-refractivity contribution in [2.45, 2.75) is 38.6 Å². The van der Waals surface area contributed by atoms with Gasteiger partial charge in [0.25, 0.3) is 0 Å². The number of carboxylic acids is 1. The van der Waals surface area contributed by atoms with Crippen LogP contribution < -0.4 is 4.74 Å². The van der Waals surface area contributed by atoms with E-state index in [1.165, 1.54) is 0 Å². The summed E-state index contributed by atoms with van der Waals surface area (Å²) in [4.78, 5) is 25.1. The van der Waals surface area contributed by atoms with Gasteiger partial charge in [0.05, 0.1) is 13.0 Å². The lowest BCUT2D eigenvalue weighted by Gasteiger charge is -2.24. The number of benzene rings is 1. The SMILES string of the molecule is COc1ccc(CCC(=O)N(CC(C)C(=O)O)C2CC2)cc1. The molecule has 2 rings (SSSR count). The van der Waals surface area contributed by atoms with Crippen LogP contribution in [0.25, 0.3) is 0 Å². The standard InChI is InChI=1S/C17H23NO4/c1-12(17(20)21)11-18(14-6-7-14)16(19)10-5-13-3-8-15(22-2)9-4-13/h3-4,8-9,12,14H,5-7,10-11H2,1-2H3,(H,20,21). The third kappa shape index (κ3) is 4.48. The van der Waals surface area contributed by atoms with E-state index in [1.807, 2.05) is 24.3 Å². The molecule has 5 heteroatoms. The Bertz CT molecular complexity index is 522. The first kappa shape index (κ1) is 16.3. The fraction of sp³-hybridized carbons (Fsp3) is 0.529. The highest BCUT2D eigenvalue weighted by atomic mass is 16.5.